The number of urea groups is 1. The number of nitrogens with zero attached hydrogens (tertiary/aromatic N) is 3. The highest BCUT2D eigenvalue weighted by atomic mass is 32.2. The van der Waals surface area contributed by atoms with Crippen LogP contribution in [0.2, 0.25) is 0 Å². The fourth-order valence-corrected chi connectivity index (χ4v) is 6.25. The first-order valence-electron chi connectivity index (χ1n) is 10.9. The summed E-state index contributed by atoms with van der Waals surface area (Å²) < 4.78 is 26.2. The molecule has 0 saturated heterocycles. The van der Waals surface area contributed by atoms with E-state index in [1.807, 2.05) is 0 Å². The second kappa shape index (κ2) is 9.74. The molecule has 1 saturated carbocycles. The molecule has 2 amide bonds. The molecule has 178 valence electrons. The summed E-state index contributed by atoms with van der Waals surface area (Å²) in [7, 11) is -3.83. The number of anilines is 2. The third-order valence-corrected chi connectivity index (χ3v) is 8.29. The van der Waals surface area contributed by atoms with Gasteiger partial charge in [-0.1, -0.05) is 18.9 Å². The maximum atomic E-state index is 13.7. The number of aromatic nitrogens is 3. The van der Waals surface area contributed by atoms with Crippen LogP contribution in [-0.2, 0) is 14.6 Å². The summed E-state index contributed by atoms with van der Waals surface area (Å²) in [6, 6.07) is 12.7. The van der Waals surface area contributed by atoms with Gasteiger partial charge in [0, 0.05) is 30.1 Å². The number of nitrogens with two attached hydrogens (primary N) is 1. The van der Waals surface area contributed by atoms with Crippen LogP contribution in [-0.4, -0.2) is 47.7 Å². The van der Waals surface area contributed by atoms with Crippen molar-refractivity contribution in [2.24, 2.45) is 0 Å². The van der Waals surface area contributed by atoms with Crippen molar-refractivity contribution >= 4 is 27.4 Å². The van der Waals surface area contributed by atoms with Gasteiger partial charge in [0.05, 0.1) is 12.3 Å². The lowest BCUT2D eigenvalue weighted by atomic mass is 10.0. The minimum Gasteiger partial charge on any atom is -0.395 e. The zero-order valence-corrected chi connectivity index (χ0v) is 19.3. The molecule has 1 aromatic carbocycles. The molecule has 1 aliphatic rings. The van der Waals surface area contributed by atoms with Crippen LogP contribution in [0.25, 0.3) is 11.4 Å². The number of hydrogen-bond donors (Lipinski definition) is 4. The zero-order valence-electron chi connectivity index (χ0n) is 18.4. The van der Waals surface area contributed by atoms with E-state index in [0.717, 1.165) is 12.8 Å². The Morgan fingerprint density at radius 1 is 1.09 bits per heavy atom. The lowest BCUT2D eigenvalue weighted by Crippen LogP contribution is -2.35. The van der Waals surface area contributed by atoms with Crippen molar-refractivity contribution in [3.05, 3.63) is 60.4 Å². The summed E-state index contributed by atoms with van der Waals surface area (Å²) in [4.78, 5) is 24.9. The van der Waals surface area contributed by atoms with Gasteiger partial charge in [-0.05, 0) is 49.2 Å². The zero-order chi connectivity index (χ0) is 24.2. The van der Waals surface area contributed by atoms with Gasteiger partial charge >= 0.3 is 6.03 Å². The van der Waals surface area contributed by atoms with Crippen molar-refractivity contribution in [3.63, 3.8) is 0 Å². The molecule has 34 heavy (non-hydrogen) atoms. The molecular weight excluding hydrogens is 456 g/mol. The van der Waals surface area contributed by atoms with E-state index in [1.165, 1.54) is 18.3 Å². The normalized spacial score (nSPS) is 15.1. The van der Waals surface area contributed by atoms with E-state index in [1.54, 1.807) is 36.4 Å². The van der Waals surface area contributed by atoms with Crippen LogP contribution < -0.4 is 16.4 Å². The first-order valence-corrected chi connectivity index (χ1v) is 12.4. The Morgan fingerprint density at radius 2 is 1.82 bits per heavy atom. The standard InChI is InChI=1S/C23H26N6O4S/c24-19-15-18(23(10-2-3-11-23)34(32,33)20-5-1-4-12-25-20)28-21(29-19)16-6-8-17(9-7-16)27-22(31)26-13-14-30/h1,4-9,12,15,30H,2-3,10-11,13-14H2,(H2,24,28,29)(H2,26,27,31). The number of rotatable bonds is 7. The van der Waals surface area contributed by atoms with E-state index in [2.05, 4.69) is 25.6 Å². The number of amides is 2. The van der Waals surface area contributed by atoms with Gasteiger partial charge in [-0.3, -0.25) is 0 Å². The number of carbonyl (C=O) groups excluding carboxylic acids is 1. The smallest absolute Gasteiger partial charge is 0.319 e. The van der Waals surface area contributed by atoms with Gasteiger partial charge in [0.2, 0.25) is 9.84 Å². The minimum atomic E-state index is -3.83. The molecule has 2 heterocycles. The molecule has 10 nitrogen and oxygen atoms in total. The minimum absolute atomic E-state index is 0.0190. The van der Waals surface area contributed by atoms with Gasteiger partial charge in [-0.25, -0.2) is 28.2 Å². The van der Waals surface area contributed by atoms with Crippen LogP contribution in [0.5, 0.6) is 0 Å². The van der Waals surface area contributed by atoms with Crippen LogP contribution in [0.4, 0.5) is 16.3 Å². The second-order valence-corrected chi connectivity index (χ2v) is 10.3. The average molecular weight is 483 g/mol. The average Bonchev–Trinajstić information content (AvgIpc) is 3.35. The molecule has 0 bridgehead atoms. The van der Waals surface area contributed by atoms with Crippen molar-refractivity contribution in [2.75, 3.05) is 24.2 Å². The van der Waals surface area contributed by atoms with E-state index in [9.17, 15) is 13.2 Å². The van der Waals surface area contributed by atoms with Crippen molar-refractivity contribution in [1.82, 2.24) is 20.3 Å². The highest BCUT2D eigenvalue weighted by Crippen LogP contribution is 2.47. The summed E-state index contributed by atoms with van der Waals surface area (Å²) in [6.07, 6.45) is 3.82. The van der Waals surface area contributed by atoms with Crippen LogP contribution in [0.3, 0.4) is 0 Å². The monoisotopic (exact) mass is 482 g/mol. The SMILES string of the molecule is Nc1cc(C2(S(=O)(=O)c3ccccn3)CCCC2)nc(-c2ccc(NC(=O)NCCO)cc2)n1. The van der Waals surface area contributed by atoms with Crippen LogP contribution >= 0.6 is 0 Å². The van der Waals surface area contributed by atoms with E-state index in [-0.39, 0.29) is 24.0 Å². The molecule has 1 fully saturated rings. The van der Waals surface area contributed by atoms with Crippen molar-refractivity contribution < 1.29 is 18.3 Å². The summed E-state index contributed by atoms with van der Waals surface area (Å²) in [5, 5.41) is 14.0. The van der Waals surface area contributed by atoms with Crippen molar-refractivity contribution in [1.29, 1.82) is 0 Å². The molecule has 0 spiro atoms. The molecule has 0 radical (unpaired) electrons. The second-order valence-electron chi connectivity index (χ2n) is 8.06. The summed E-state index contributed by atoms with van der Waals surface area (Å²) >= 11 is 0. The van der Waals surface area contributed by atoms with Crippen molar-refractivity contribution in [3.8, 4) is 11.4 Å². The Hall–Kier alpha value is -3.57. The lowest BCUT2D eigenvalue weighted by molar-refractivity contribution is 0.245. The Balaban J connectivity index is 1.68. The molecule has 0 unspecified atom stereocenters. The van der Waals surface area contributed by atoms with Crippen LogP contribution in [0.1, 0.15) is 31.4 Å². The number of benzene rings is 1. The molecule has 1 aliphatic carbocycles. The molecule has 0 atom stereocenters. The fourth-order valence-electron chi connectivity index (χ4n) is 4.19. The largest absolute Gasteiger partial charge is 0.395 e. The van der Waals surface area contributed by atoms with E-state index < -0.39 is 20.6 Å². The first kappa shape index (κ1) is 23.6. The summed E-state index contributed by atoms with van der Waals surface area (Å²) in [5.41, 5.74) is 7.62. The van der Waals surface area contributed by atoms with Gasteiger partial charge in [-0.15, -0.1) is 0 Å². The lowest BCUT2D eigenvalue weighted by Gasteiger charge is -2.28. The van der Waals surface area contributed by atoms with Gasteiger partial charge in [0.1, 0.15) is 10.6 Å². The topological polar surface area (TPSA) is 160 Å². The number of aliphatic hydroxyl groups excluding tert-OH is 1. The first-order chi connectivity index (χ1) is 16.4. The number of hydrogen-bond acceptors (Lipinski definition) is 8. The molecule has 3 aromatic rings. The molecule has 0 aliphatic heterocycles. The van der Waals surface area contributed by atoms with Gasteiger partial charge < -0.3 is 21.5 Å². The number of pyridine rings is 1. The molecule has 5 N–H and O–H groups in total. The van der Waals surface area contributed by atoms with Gasteiger partial charge in [0.15, 0.2) is 10.9 Å². The third kappa shape index (κ3) is 4.57. The highest BCUT2D eigenvalue weighted by Gasteiger charge is 2.50. The Labute approximate surface area is 197 Å². The van der Waals surface area contributed by atoms with Crippen LogP contribution in [0.15, 0.2) is 59.8 Å². The van der Waals surface area contributed by atoms with E-state index in [0.29, 0.717) is 35.6 Å². The quantitative estimate of drug-likeness (QED) is 0.399. The number of sulfone groups is 1. The Kier molecular flexibility index (Phi) is 6.75. The molecule has 4 rings (SSSR count). The highest BCUT2D eigenvalue weighted by molar-refractivity contribution is 7.92. The maximum absolute atomic E-state index is 13.7. The number of aliphatic hydroxyl groups is 1. The fraction of sp³-hybridized carbons (Fsp3) is 0.304. The molecule has 2 aromatic heterocycles. The predicted molar refractivity (Wildman–Crippen MR) is 128 cm³/mol. The van der Waals surface area contributed by atoms with Crippen LogP contribution in [0, 0.1) is 0 Å². The Morgan fingerprint density at radius 3 is 2.47 bits per heavy atom. The van der Waals surface area contributed by atoms with E-state index >= 15 is 0 Å². The van der Waals surface area contributed by atoms with Gasteiger partial charge in [0.25, 0.3) is 0 Å². The number of nitrogens with one attached hydrogen (secondary N) is 2. The Bertz CT molecular complexity index is 1260. The summed E-state index contributed by atoms with van der Waals surface area (Å²) in [6.45, 7) is -0.00795. The van der Waals surface area contributed by atoms with Crippen molar-refractivity contribution in [2.45, 2.75) is 35.5 Å². The number of carbonyl (C=O) groups is 1. The third-order valence-electron chi connectivity index (χ3n) is 5.85. The van der Waals surface area contributed by atoms with Gasteiger partial charge in [-0.2, -0.15) is 0 Å². The number of nitrogen functional groups attached to an aromatic ring is 1. The molecule has 11 heteroatoms. The van der Waals surface area contributed by atoms with E-state index in [4.69, 9.17) is 10.8 Å². The predicted octanol–water partition coefficient (Wildman–Crippen LogP) is 2.48. The summed E-state index contributed by atoms with van der Waals surface area (Å²) in [5.74, 6) is 0.474. The maximum Gasteiger partial charge on any atom is 0.319 e. The molecular formula is C23H26N6O4S.